The van der Waals surface area contributed by atoms with E-state index < -0.39 is 21.4 Å². The summed E-state index contributed by atoms with van der Waals surface area (Å²) in [7, 11) is -1.29. The Morgan fingerprint density at radius 3 is 2.28 bits per heavy atom. The van der Waals surface area contributed by atoms with Crippen molar-refractivity contribution in [2.24, 2.45) is 0 Å². The topological polar surface area (TPSA) is 161 Å². The number of furan rings is 1. The van der Waals surface area contributed by atoms with Crippen LogP contribution in [0, 0.1) is 13.8 Å². The van der Waals surface area contributed by atoms with Crippen molar-refractivity contribution in [2.75, 3.05) is 25.5 Å². The summed E-state index contributed by atoms with van der Waals surface area (Å²) in [6.07, 6.45) is 2.44. The van der Waals surface area contributed by atoms with Crippen LogP contribution in [0.15, 0.2) is 47.1 Å². The number of rotatable bonds is 12. The number of aryl methyl sites for hydroxylation is 2. The highest BCUT2D eigenvalue weighted by atomic mass is 32.2. The molecule has 4 aromatic rings. The second-order valence-electron chi connectivity index (χ2n) is 8.50. The van der Waals surface area contributed by atoms with Crippen molar-refractivity contribution in [1.82, 2.24) is 24.7 Å². The van der Waals surface area contributed by atoms with Crippen molar-refractivity contribution in [3.05, 3.63) is 59.9 Å². The molecule has 1 N–H and O–H groups in total. The Kier molecular flexibility index (Phi) is 8.26. The molecule has 0 aliphatic heterocycles. The van der Waals surface area contributed by atoms with E-state index in [-0.39, 0.29) is 24.2 Å². The summed E-state index contributed by atoms with van der Waals surface area (Å²) in [5, 5.41) is 7.09. The van der Waals surface area contributed by atoms with Crippen molar-refractivity contribution < 1.29 is 31.8 Å². The molecule has 0 fully saturated rings. The Labute approximate surface area is 225 Å². The van der Waals surface area contributed by atoms with Gasteiger partial charge in [-0.05, 0) is 50.6 Å². The van der Waals surface area contributed by atoms with E-state index in [1.165, 1.54) is 38.1 Å². The molecule has 0 aliphatic rings. The maximum Gasteiger partial charge on any atom is 0.243 e. The standard InChI is InChI=1S/C25H28N6O7S/c1-15-13-26-23(27-14-15)22(37-12-11-32)17(3)39(33,34)30-25-29-28-24(20-10-9-16(2)38-20)31(25)21-18(35-4)7-6-8-19(21)36-5/h6-11,13-14,17,22H,12H2,1-5H3,(H,29,30). The molecular formula is C25H28N6O7S. The lowest BCUT2D eigenvalue weighted by atomic mass is 10.2. The fraction of sp³-hybridized carbons (Fsp3) is 0.320. The van der Waals surface area contributed by atoms with Crippen LogP contribution in [0.25, 0.3) is 17.3 Å². The SMILES string of the molecule is COc1cccc(OC)c1-n1c(NS(=O)(=O)C(C)C(OCC=O)c2ncc(C)cn2)nnc1-c1ccc(C)o1. The van der Waals surface area contributed by atoms with Crippen LogP contribution in [-0.2, 0) is 19.6 Å². The second kappa shape index (κ2) is 11.6. The zero-order chi connectivity index (χ0) is 28.2. The van der Waals surface area contributed by atoms with Crippen LogP contribution < -0.4 is 14.2 Å². The van der Waals surface area contributed by atoms with Gasteiger partial charge < -0.3 is 23.4 Å². The van der Waals surface area contributed by atoms with Gasteiger partial charge >= 0.3 is 0 Å². The number of carbonyl (C=O) groups is 1. The monoisotopic (exact) mass is 556 g/mol. The summed E-state index contributed by atoms with van der Waals surface area (Å²) in [5.74, 6) is 1.85. The van der Waals surface area contributed by atoms with Crippen LogP contribution in [-0.4, -0.2) is 65.5 Å². The average Bonchev–Trinajstić information content (AvgIpc) is 3.54. The molecular weight excluding hydrogens is 528 g/mol. The van der Waals surface area contributed by atoms with Crippen LogP contribution in [0.1, 0.15) is 30.2 Å². The summed E-state index contributed by atoms with van der Waals surface area (Å²) >= 11 is 0. The minimum absolute atomic E-state index is 0.111. The van der Waals surface area contributed by atoms with Crippen LogP contribution in [0.2, 0.25) is 0 Å². The first-order chi connectivity index (χ1) is 18.7. The largest absolute Gasteiger partial charge is 0.494 e. The Hall–Kier alpha value is -4.30. The van der Waals surface area contributed by atoms with Gasteiger partial charge in [-0.25, -0.2) is 18.4 Å². The fourth-order valence-corrected chi connectivity index (χ4v) is 4.92. The fourth-order valence-electron chi connectivity index (χ4n) is 3.82. The Morgan fingerprint density at radius 1 is 1.05 bits per heavy atom. The first-order valence-corrected chi connectivity index (χ1v) is 13.3. The molecule has 1 aromatic carbocycles. The van der Waals surface area contributed by atoms with Gasteiger partial charge in [-0.15, -0.1) is 10.2 Å². The van der Waals surface area contributed by atoms with Gasteiger partial charge in [0.15, 0.2) is 11.6 Å². The molecule has 0 saturated heterocycles. The van der Waals surface area contributed by atoms with Gasteiger partial charge in [0.1, 0.15) is 47.2 Å². The van der Waals surface area contributed by atoms with Crippen molar-refractivity contribution >= 4 is 22.3 Å². The summed E-state index contributed by atoms with van der Waals surface area (Å²) < 4.78 is 53.8. The average molecular weight is 557 g/mol. The first-order valence-electron chi connectivity index (χ1n) is 11.8. The van der Waals surface area contributed by atoms with Crippen LogP contribution >= 0.6 is 0 Å². The first kappa shape index (κ1) is 27.7. The molecule has 3 aromatic heterocycles. The molecule has 14 heteroatoms. The molecule has 0 spiro atoms. The normalized spacial score (nSPS) is 13.1. The Balaban J connectivity index is 1.82. The zero-order valence-electron chi connectivity index (χ0n) is 22.0. The molecule has 39 heavy (non-hydrogen) atoms. The number of nitrogens with zero attached hydrogens (tertiary/aromatic N) is 5. The van der Waals surface area contributed by atoms with Gasteiger partial charge in [0, 0.05) is 12.4 Å². The van der Waals surface area contributed by atoms with E-state index in [0.29, 0.717) is 35.0 Å². The minimum atomic E-state index is -4.24. The molecule has 0 amide bonds. The number of aldehydes is 1. The molecule has 0 bridgehead atoms. The summed E-state index contributed by atoms with van der Waals surface area (Å²) in [6.45, 7) is 4.64. The maximum atomic E-state index is 13.7. The van der Waals surface area contributed by atoms with E-state index >= 15 is 0 Å². The van der Waals surface area contributed by atoms with E-state index in [9.17, 15) is 13.2 Å². The van der Waals surface area contributed by atoms with E-state index in [2.05, 4.69) is 24.9 Å². The van der Waals surface area contributed by atoms with Crippen molar-refractivity contribution in [3.63, 3.8) is 0 Å². The third kappa shape index (κ3) is 5.76. The van der Waals surface area contributed by atoms with Crippen molar-refractivity contribution in [2.45, 2.75) is 32.1 Å². The molecule has 206 valence electrons. The van der Waals surface area contributed by atoms with E-state index in [1.54, 1.807) is 44.2 Å². The smallest absolute Gasteiger partial charge is 0.243 e. The maximum absolute atomic E-state index is 13.7. The van der Waals surface area contributed by atoms with Gasteiger partial charge in [0.05, 0.1) is 14.2 Å². The Bertz CT molecular complexity index is 1530. The van der Waals surface area contributed by atoms with Gasteiger partial charge in [0.25, 0.3) is 0 Å². The number of methoxy groups -OCH3 is 2. The number of ether oxygens (including phenoxy) is 3. The third-order valence-corrected chi connectivity index (χ3v) is 7.49. The van der Waals surface area contributed by atoms with E-state index in [4.69, 9.17) is 18.6 Å². The highest BCUT2D eigenvalue weighted by molar-refractivity contribution is 7.93. The van der Waals surface area contributed by atoms with Crippen molar-refractivity contribution in [3.8, 4) is 28.8 Å². The zero-order valence-corrected chi connectivity index (χ0v) is 22.8. The number of hydrogen-bond donors (Lipinski definition) is 1. The number of aromatic nitrogens is 5. The number of hydrogen-bond acceptors (Lipinski definition) is 11. The molecule has 4 rings (SSSR count). The molecule has 0 aliphatic carbocycles. The highest BCUT2D eigenvalue weighted by Gasteiger charge is 2.36. The summed E-state index contributed by atoms with van der Waals surface area (Å²) in [6, 6.07) is 8.54. The number of para-hydroxylation sites is 1. The molecule has 0 radical (unpaired) electrons. The van der Waals surface area contributed by atoms with E-state index in [1.807, 2.05) is 0 Å². The summed E-state index contributed by atoms with van der Waals surface area (Å²) in [4.78, 5) is 19.4. The third-order valence-electron chi connectivity index (χ3n) is 5.80. The molecule has 13 nitrogen and oxygen atoms in total. The number of anilines is 1. The van der Waals surface area contributed by atoms with Crippen LogP contribution in [0.3, 0.4) is 0 Å². The lowest BCUT2D eigenvalue weighted by molar-refractivity contribution is -0.114. The predicted molar refractivity (Wildman–Crippen MR) is 140 cm³/mol. The minimum Gasteiger partial charge on any atom is -0.494 e. The number of sulfonamides is 1. The quantitative estimate of drug-likeness (QED) is 0.255. The highest BCUT2D eigenvalue weighted by Crippen LogP contribution is 2.38. The lowest BCUT2D eigenvalue weighted by Gasteiger charge is -2.23. The molecule has 0 saturated carbocycles. The van der Waals surface area contributed by atoms with Gasteiger partial charge in [-0.2, -0.15) is 0 Å². The number of nitrogens with one attached hydrogen (secondary N) is 1. The lowest BCUT2D eigenvalue weighted by Crippen LogP contribution is -2.34. The Morgan fingerprint density at radius 2 is 1.72 bits per heavy atom. The van der Waals surface area contributed by atoms with Gasteiger partial charge in [-0.1, -0.05) is 6.07 Å². The molecule has 2 atom stereocenters. The summed E-state index contributed by atoms with van der Waals surface area (Å²) in [5.41, 5.74) is 1.12. The second-order valence-corrected chi connectivity index (χ2v) is 10.5. The molecule has 2 unspecified atom stereocenters. The van der Waals surface area contributed by atoms with Crippen molar-refractivity contribution in [1.29, 1.82) is 0 Å². The van der Waals surface area contributed by atoms with Gasteiger partial charge in [-0.3, -0.25) is 9.29 Å². The van der Waals surface area contributed by atoms with E-state index in [0.717, 1.165) is 5.56 Å². The van der Waals surface area contributed by atoms with Crippen LogP contribution in [0.4, 0.5) is 5.95 Å². The van der Waals surface area contributed by atoms with Crippen LogP contribution in [0.5, 0.6) is 11.5 Å². The number of benzene rings is 1. The van der Waals surface area contributed by atoms with Gasteiger partial charge in [0.2, 0.25) is 21.8 Å². The number of carbonyl (C=O) groups excluding carboxylic acids is 1. The molecule has 3 heterocycles. The predicted octanol–water partition coefficient (Wildman–Crippen LogP) is 3.04.